The molecule has 2 N–H and O–H groups in total. The summed E-state index contributed by atoms with van der Waals surface area (Å²) in [6.07, 6.45) is 0.966. The first-order chi connectivity index (χ1) is 7.97. The van der Waals surface area contributed by atoms with Crippen LogP contribution in [-0.4, -0.2) is 27.3 Å². The summed E-state index contributed by atoms with van der Waals surface area (Å²) < 4.78 is 0. The van der Waals surface area contributed by atoms with Gasteiger partial charge in [-0.05, 0) is 31.4 Å². The molecule has 1 rings (SSSR count). The van der Waals surface area contributed by atoms with Gasteiger partial charge >= 0.3 is 5.97 Å². The lowest BCUT2D eigenvalue weighted by molar-refractivity contribution is -0.137. The van der Waals surface area contributed by atoms with Crippen LogP contribution in [0.1, 0.15) is 32.9 Å². The monoisotopic (exact) mass is 237 g/mol. The van der Waals surface area contributed by atoms with E-state index in [0.717, 1.165) is 12.1 Å². The van der Waals surface area contributed by atoms with Crippen LogP contribution in [-0.2, 0) is 11.2 Å². The van der Waals surface area contributed by atoms with E-state index in [-0.39, 0.29) is 12.5 Å². The summed E-state index contributed by atoms with van der Waals surface area (Å²) in [5.74, 6) is 0.342. The molecule has 5 nitrogen and oxygen atoms in total. The van der Waals surface area contributed by atoms with Gasteiger partial charge in [-0.2, -0.15) is 5.10 Å². The fourth-order valence-electron chi connectivity index (χ4n) is 1.53. The zero-order valence-electron chi connectivity index (χ0n) is 10.5. The number of hydrogen-bond acceptors (Lipinski definition) is 4. The quantitative estimate of drug-likeness (QED) is 0.791. The van der Waals surface area contributed by atoms with Gasteiger partial charge in [-0.25, -0.2) is 0 Å². The molecule has 5 heteroatoms. The van der Waals surface area contributed by atoms with Crippen molar-refractivity contribution >= 4 is 11.8 Å². The highest BCUT2D eigenvalue weighted by atomic mass is 16.4. The number of hydrogen-bond donors (Lipinski definition) is 2. The number of anilines is 1. The van der Waals surface area contributed by atoms with Crippen molar-refractivity contribution in [3.05, 3.63) is 17.8 Å². The van der Waals surface area contributed by atoms with Crippen LogP contribution in [0.5, 0.6) is 0 Å². The first kappa shape index (κ1) is 13.4. The van der Waals surface area contributed by atoms with Gasteiger partial charge in [-0.3, -0.25) is 4.79 Å². The van der Waals surface area contributed by atoms with E-state index in [1.807, 2.05) is 12.1 Å². The van der Waals surface area contributed by atoms with Gasteiger partial charge in [-0.15, -0.1) is 5.10 Å². The van der Waals surface area contributed by atoms with Crippen molar-refractivity contribution in [2.75, 3.05) is 5.32 Å². The fourth-order valence-corrected chi connectivity index (χ4v) is 1.53. The highest BCUT2D eigenvalue weighted by molar-refractivity contribution is 5.68. The molecule has 0 aliphatic heterocycles. The molecule has 0 aromatic carbocycles. The van der Waals surface area contributed by atoms with Gasteiger partial charge < -0.3 is 10.4 Å². The second-order valence-corrected chi connectivity index (χ2v) is 4.65. The summed E-state index contributed by atoms with van der Waals surface area (Å²) >= 11 is 0. The molecule has 1 atom stereocenters. The van der Waals surface area contributed by atoms with Gasteiger partial charge in [0.1, 0.15) is 5.82 Å². The molecule has 1 unspecified atom stereocenters. The van der Waals surface area contributed by atoms with E-state index in [4.69, 9.17) is 5.11 Å². The minimum atomic E-state index is -0.825. The molecule has 1 aromatic rings. The summed E-state index contributed by atoms with van der Waals surface area (Å²) in [6, 6.07) is 3.60. The molecule has 0 fully saturated rings. The van der Waals surface area contributed by atoms with E-state index in [0.29, 0.717) is 11.7 Å². The predicted molar refractivity (Wildman–Crippen MR) is 65.9 cm³/mol. The van der Waals surface area contributed by atoms with E-state index in [1.165, 1.54) is 0 Å². The summed E-state index contributed by atoms with van der Waals surface area (Å²) in [7, 11) is 0. The number of aliphatic carboxylic acids is 1. The van der Waals surface area contributed by atoms with Gasteiger partial charge in [0.15, 0.2) is 0 Å². The smallest absolute Gasteiger partial charge is 0.305 e. The summed E-state index contributed by atoms with van der Waals surface area (Å²) in [6.45, 7) is 6.06. The molecule has 0 aliphatic rings. The fraction of sp³-hybridized carbons (Fsp3) is 0.583. The van der Waals surface area contributed by atoms with Gasteiger partial charge in [0.25, 0.3) is 0 Å². The van der Waals surface area contributed by atoms with Crippen molar-refractivity contribution < 1.29 is 9.90 Å². The van der Waals surface area contributed by atoms with Crippen LogP contribution in [0, 0.1) is 5.92 Å². The molecule has 0 aliphatic carbocycles. The zero-order chi connectivity index (χ0) is 12.8. The van der Waals surface area contributed by atoms with Crippen molar-refractivity contribution in [1.82, 2.24) is 10.2 Å². The lowest BCUT2D eigenvalue weighted by atomic mass is 10.1. The van der Waals surface area contributed by atoms with Crippen LogP contribution >= 0.6 is 0 Å². The molecule has 1 aromatic heterocycles. The maximum Gasteiger partial charge on any atom is 0.305 e. The van der Waals surface area contributed by atoms with Crippen molar-refractivity contribution in [2.45, 2.75) is 39.7 Å². The number of rotatable bonds is 6. The van der Waals surface area contributed by atoms with E-state index >= 15 is 0 Å². The molecule has 0 bridgehead atoms. The third-order valence-electron chi connectivity index (χ3n) is 2.21. The maximum atomic E-state index is 10.5. The van der Waals surface area contributed by atoms with Crippen molar-refractivity contribution in [3.8, 4) is 0 Å². The predicted octanol–water partition coefficient (Wildman–Crippen LogP) is 1.95. The van der Waals surface area contributed by atoms with Gasteiger partial charge in [0.2, 0.25) is 0 Å². The minimum Gasteiger partial charge on any atom is -0.481 e. The zero-order valence-corrected chi connectivity index (χ0v) is 10.5. The number of aromatic nitrogens is 2. The highest BCUT2D eigenvalue weighted by Gasteiger charge is 2.08. The Balaban J connectivity index is 2.53. The standard InChI is InChI=1S/C12H19N3O2/c1-8(2)6-10-4-5-11(15-14-10)13-9(3)7-12(16)17/h4-5,8-9H,6-7H2,1-3H3,(H,13,15)(H,16,17). The minimum absolute atomic E-state index is 0.0649. The van der Waals surface area contributed by atoms with Crippen molar-refractivity contribution in [1.29, 1.82) is 0 Å². The first-order valence-corrected chi connectivity index (χ1v) is 5.78. The second-order valence-electron chi connectivity index (χ2n) is 4.65. The molecule has 0 saturated heterocycles. The topological polar surface area (TPSA) is 75.1 Å². The van der Waals surface area contributed by atoms with E-state index in [2.05, 4.69) is 29.4 Å². The van der Waals surface area contributed by atoms with Crippen LogP contribution in [0.3, 0.4) is 0 Å². The van der Waals surface area contributed by atoms with Gasteiger partial charge in [0.05, 0.1) is 12.1 Å². The Morgan fingerprint density at radius 3 is 2.53 bits per heavy atom. The molecule has 0 amide bonds. The summed E-state index contributed by atoms with van der Waals surface area (Å²) in [5, 5.41) is 19.7. The van der Waals surface area contributed by atoms with Crippen LogP contribution in [0.4, 0.5) is 5.82 Å². The summed E-state index contributed by atoms with van der Waals surface area (Å²) in [5.41, 5.74) is 0.955. The van der Waals surface area contributed by atoms with Crippen LogP contribution < -0.4 is 5.32 Å². The second kappa shape index (κ2) is 6.18. The lowest BCUT2D eigenvalue weighted by Gasteiger charge is -2.11. The number of carboxylic acid groups (broad SMARTS) is 1. The van der Waals surface area contributed by atoms with E-state index in [1.54, 1.807) is 6.92 Å². The number of carbonyl (C=O) groups is 1. The Morgan fingerprint density at radius 2 is 2.06 bits per heavy atom. The molecule has 0 spiro atoms. The summed E-state index contributed by atoms with van der Waals surface area (Å²) in [4.78, 5) is 10.5. The van der Waals surface area contributed by atoms with E-state index < -0.39 is 5.97 Å². The van der Waals surface area contributed by atoms with E-state index in [9.17, 15) is 4.79 Å². The Kier molecular flexibility index (Phi) is 4.87. The molecule has 0 radical (unpaired) electrons. The molecule has 0 saturated carbocycles. The molecule has 94 valence electrons. The number of nitrogens with one attached hydrogen (secondary N) is 1. The van der Waals surface area contributed by atoms with Crippen LogP contribution in [0.15, 0.2) is 12.1 Å². The van der Waals surface area contributed by atoms with Gasteiger partial charge in [0, 0.05) is 6.04 Å². The Morgan fingerprint density at radius 1 is 1.35 bits per heavy atom. The number of carboxylic acids is 1. The largest absolute Gasteiger partial charge is 0.481 e. The van der Waals surface area contributed by atoms with Crippen LogP contribution in [0.25, 0.3) is 0 Å². The molecular weight excluding hydrogens is 218 g/mol. The third kappa shape index (κ3) is 5.29. The third-order valence-corrected chi connectivity index (χ3v) is 2.21. The molecule has 1 heterocycles. The molecule has 17 heavy (non-hydrogen) atoms. The highest BCUT2D eigenvalue weighted by Crippen LogP contribution is 2.08. The Labute approximate surface area is 101 Å². The molecular formula is C12H19N3O2. The Hall–Kier alpha value is -1.65. The average Bonchev–Trinajstić information content (AvgIpc) is 2.18. The lowest BCUT2D eigenvalue weighted by Crippen LogP contribution is -2.20. The van der Waals surface area contributed by atoms with Crippen molar-refractivity contribution in [2.24, 2.45) is 5.92 Å². The normalized spacial score (nSPS) is 12.5. The number of nitrogens with zero attached hydrogens (tertiary/aromatic N) is 2. The van der Waals surface area contributed by atoms with Gasteiger partial charge in [-0.1, -0.05) is 13.8 Å². The SMILES string of the molecule is CC(C)Cc1ccc(NC(C)CC(=O)O)nn1. The Bertz CT molecular complexity index is 363. The first-order valence-electron chi connectivity index (χ1n) is 5.78. The average molecular weight is 237 g/mol. The maximum absolute atomic E-state index is 10.5. The van der Waals surface area contributed by atoms with Crippen LogP contribution in [0.2, 0.25) is 0 Å². The van der Waals surface area contributed by atoms with Crippen molar-refractivity contribution in [3.63, 3.8) is 0 Å².